The zero-order valence-corrected chi connectivity index (χ0v) is 36.6. The van der Waals surface area contributed by atoms with E-state index in [9.17, 15) is 17.2 Å². The van der Waals surface area contributed by atoms with Crippen LogP contribution in [-0.2, 0) is 22.8 Å². The summed E-state index contributed by atoms with van der Waals surface area (Å²) in [4.78, 5) is 15.1. The van der Waals surface area contributed by atoms with Crippen molar-refractivity contribution in [2.24, 2.45) is 5.73 Å². The van der Waals surface area contributed by atoms with Gasteiger partial charge in [-0.05, 0) is 91.8 Å². The molecular weight excluding hydrogens is 803 g/mol. The van der Waals surface area contributed by atoms with Gasteiger partial charge in [-0.25, -0.2) is 27.2 Å². The van der Waals surface area contributed by atoms with Crippen LogP contribution in [0.3, 0.4) is 0 Å². The van der Waals surface area contributed by atoms with Crippen molar-refractivity contribution in [2.45, 2.75) is 86.1 Å². The fourth-order valence-electron chi connectivity index (χ4n) is 6.21. The first-order valence-corrected chi connectivity index (χ1v) is 22.8. The van der Waals surface area contributed by atoms with E-state index in [0.717, 1.165) is 83.7 Å². The van der Waals surface area contributed by atoms with Crippen molar-refractivity contribution in [2.75, 3.05) is 42.7 Å². The summed E-state index contributed by atoms with van der Waals surface area (Å²) in [6, 6.07) is 17.4. The van der Waals surface area contributed by atoms with Crippen molar-refractivity contribution < 1.29 is 35.5 Å². The summed E-state index contributed by atoms with van der Waals surface area (Å²) in [6.07, 6.45) is 11.7. The normalized spacial score (nSPS) is 14.5. The van der Waals surface area contributed by atoms with Crippen LogP contribution in [0.5, 0.6) is 11.5 Å². The van der Waals surface area contributed by atoms with Gasteiger partial charge in [0.25, 0.3) is 6.01 Å². The molecule has 3 aromatic heterocycles. The lowest BCUT2D eigenvalue weighted by atomic mass is 10.2. The molecule has 0 atom stereocenters. The van der Waals surface area contributed by atoms with Crippen molar-refractivity contribution >= 4 is 55.2 Å². The fourth-order valence-corrected chi connectivity index (χ4v) is 7.41. The van der Waals surface area contributed by atoms with Gasteiger partial charge in [-0.1, -0.05) is 46.6 Å². The molecule has 0 bridgehead atoms. The minimum atomic E-state index is -2.95. The number of halogens is 2. The summed E-state index contributed by atoms with van der Waals surface area (Å²) in [5.74, 6) is 2.34. The van der Waals surface area contributed by atoms with Gasteiger partial charge < -0.3 is 33.5 Å². The minimum absolute atomic E-state index is 0.107. The number of nitrogens with zero attached hydrogens (tertiary/aromatic N) is 5. The molecule has 2 N–H and O–H groups in total. The van der Waals surface area contributed by atoms with Crippen molar-refractivity contribution in [3.05, 3.63) is 102 Å². The van der Waals surface area contributed by atoms with Gasteiger partial charge in [0, 0.05) is 43.9 Å². The number of imidazole rings is 1. The molecule has 0 spiro atoms. The lowest BCUT2D eigenvalue weighted by Crippen LogP contribution is -2.40. The smallest absolute Gasteiger partial charge is 0.298 e. The fraction of sp³-hybridized carbons (Fsp3) is 0.413. The molecule has 0 unspecified atom stereocenters. The second-order valence-corrected chi connectivity index (χ2v) is 17.2. The summed E-state index contributed by atoms with van der Waals surface area (Å²) in [5, 5.41) is 0. The highest BCUT2D eigenvalue weighted by atomic mass is 32.2. The number of fused-ring (bicyclic) bond motifs is 3. The Kier molecular flexibility index (Phi) is 17.3. The number of rotatable bonds is 16. The number of ether oxygens (including phenoxy) is 2. The molecule has 6 aromatic rings. The van der Waals surface area contributed by atoms with Crippen molar-refractivity contribution in [1.29, 1.82) is 0 Å². The van der Waals surface area contributed by atoms with Gasteiger partial charge in [-0.3, -0.25) is 0 Å². The summed E-state index contributed by atoms with van der Waals surface area (Å²) < 4.78 is 72.8. The van der Waals surface area contributed by atoms with Gasteiger partial charge in [0.1, 0.15) is 35.7 Å². The maximum atomic E-state index is 12.6. The number of unbranched alkanes of at least 4 members (excludes halogenated alkanes) is 2. The number of hydrogen-bond acceptors (Lipinski definition) is 11. The van der Waals surface area contributed by atoms with Crippen molar-refractivity contribution in [3.63, 3.8) is 0 Å². The first-order valence-electron chi connectivity index (χ1n) is 20.9. The Labute approximate surface area is 357 Å². The van der Waals surface area contributed by atoms with Gasteiger partial charge in [0.2, 0.25) is 0 Å². The number of nitrogens with two attached hydrogens (primary N) is 1. The van der Waals surface area contributed by atoms with Crippen LogP contribution in [-0.4, -0.2) is 65.7 Å². The van der Waals surface area contributed by atoms with Gasteiger partial charge >= 0.3 is 0 Å². The highest BCUT2D eigenvalue weighted by molar-refractivity contribution is 7.91. The molecule has 0 aliphatic carbocycles. The number of aryl methyl sites for hydroxylation is 2. The molecule has 61 heavy (non-hydrogen) atoms. The molecule has 4 heterocycles. The molecular formula is C46H58F2N6O6S. The van der Waals surface area contributed by atoms with Crippen molar-refractivity contribution in [3.8, 4) is 11.5 Å². The minimum Gasteiger partial charge on any atom is -0.489 e. The molecule has 0 saturated carbocycles. The van der Waals surface area contributed by atoms with E-state index in [1.165, 1.54) is 0 Å². The van der Waals surface area contributed by atoms with Crippen LogP contribution in [0.25, 0.3) is 39.3 Å². The Morgan fingerprint density at radius 2 is 1.43 bits per heavy atom. The van der Waals surface area contributed by atoms with Crippen LogP contribution in [0, 0.1) is 0 Å². The Balaban J connectivity index is 0.000000176. The van der Waals surface area contributed by atoms with Crippen LogP contribution in [0.1, 0.15) is 84.6 Å². The maximum Gasteiger partial charge on any atom is 0.298 e. The Morgan fingerprint density at radius 3 is 2.07 bits per heavy atom. The number of hydrogen-bond donors (Lipinski definition) is 1. The Morgan fingerprint density at radius 1 is 0.803 bits per heavy atom. The van der Waals surface area contributed by atoms with Crippen LogP contribution >= 0.6 is 0 Å². The van der Waals surface area contributed by atoms with Gasteiger partial charge in [0.15, 0.2) is 26.9 Å². The Bertz CT molecular complexity index is 2520. The molecule has 12 nitrogen and oxygen atoms in total. The van der Waals surface area contributed by atoms with E-state index in [-0.39, 0.29) is 24.7 Å². The number of benzene rings is 3. The lowest BCUT2D eigenvalue weighted by Gasteiger charge is -2.24. The number of anilines is 1. The lowest BCUT2D eigenvalue weighted by molar-refractivity contribution is 0.345. The first-order chi connectivity index (χ1) is 29.5. The molecule has 328 valence electrons. The molecule has 3 aromatic carbocycles. The third-order valence-electron chi connectivity index (χ3n) is 9.97. The quantitative estimate of drug-likeness (QED) is 0.0990. The molecule has 1 fully saturated rings. The molecule has 0 amide bonds. The van der Waals surface area contributed by atoms with Gasteiger partial charge in [0.05, 0.1) is 41.5 Å². The van der Waals surface area contributed by atoms with E-state index in [1.54, 1.807) is 18.2 Å². The first kappa shape index (κ1) is 46.4. The van der Waals surface area contributed by atoms with Crippen LogP contribution in [0.2, 0.25) is 0 Å². The summed E-state index contributed by atoms with van der Waals surface area (Å²) in [5.41, 5.74) is 13.7. The third kappa shape index (κ3) is 13.7. The predicted molar refractivity (Wildman–Crippen MR) is 240 cm³/mol. The summed E-state index contributed by atoms with van der Waals surface area (Å²) in [6.45, 7) is 12.2. The van der Waals surface area contributed by atoms with Gasteiger partial charge in [-0.2, -0.15) is 4.98 Å². The van der Waals surface area contributed by atoms with E-state index >= 15 is 0 Å². The molecule has 15 heteroatoms. The Hall–Kier alpha value is -5.70. The number of oxazole rings is 2. The SMILES string of the molecule is CC/C(=C\F)COc1ccc2nc(N3CCS(=O)(=O)CC3)oc2c1.CCCCc1nc2ccc(/C=C(/C)N)cc2o1.CCCCn1cnc2cc(OC/C(=C/F)CC)ccc21. The molecule has 1 saturated heterocycles. The van der Waals surface area contributed by atoms with E-state index in [2.05, 4.69) is 33.4 Å². The molecule has 7 rings (SSSR count). The van der Waals surface area contributed by atoms with E-state index < -0.39 is 9.84 Å². The average molecular weight is 861 g/mol. The number of aromatic nitrogens is 4. The second-order valence-electron chi connectivity index (χ2n) is 14.9. The molecule has 0 radical (unpaired) electrons. The highest BCUT2D eigenvalue weighted by Crippen LogP contribution is 2.27. The maximum absolute atomic E-state index is 12.6. The average Bonchev–Trinajstić information content (AvgIpc) is 3.99. The molecule has 1 aliphatic rings. The molecule has 1 aliphatic heterocycles. The summed E-state index contributed by atoms with van der Waals surface area (Å²) in [7, 11) is -2.95. The second kappa shape index (κ2) is 22.8. The van der Waals surface area contributed by atoms with Crippen LogP contribution < -0.4 is 20.1 Å². The zero-order valence-electron chi connectivity index (χ0n) is 35.8. The highest BCUT2D eigenvalue weighted by Gasteiger charge is 2.25. The number of allylic oxidation sites excluding steroid dienone is 1. The predicted octanol–water partition coefficient (Wildman–Crippen LogP) is 10.7. The summed E-state index contributed by atoms with van der Waals surface area (Å²) >= 11 is 0. The van der Waals surface area contributed by atoms with Gasteiger partial charge in [-0.15, -0.1) is 0 Å². The third-order valence-corrected chi connectivity index (χ3v) is 11.6. The van der Waals surface area contributed by atoms with Crippen LogP contribution in [0.4, 0.5) is 14.8 Å². The van der Waals surface area contributed by atoms with E-state index in [0.29, 0.717) is 72.6 Å². The zero-order chi connectivity index (χ0) is 43.8. The van der Waals surface area contributed by atoms with Crippen molar-refractivity contribution in [1.82, 2.24) is 19.5 Å². The topological polar surface area (TPSA) is 152 Å². The number of sulfone groups is 1. The largest absolute Gasteiger partial charge is 0.489 e. The van der Waals surface area contributed by atoms with Crippen LogP contribution in [0.15, 0.2) is 99.3 Å². The van der Waals surface area contributed by atoms with E-state index in [1.807, 2.05) is 74.5 Å². The van der Waals surface area contributed by atoms with E-state index in [4.69, 9.17) is 24.0 Å². The monoisotopic (exact) mass is 860 g/mol. The standard InChI is InChI=1S/C16H19FN2O4S.C16H21FN2O.C14H18N2O/c1-2-12(10-17)11-22-13-3-4-14-15(9-13)23-16(18-14)19-5-7-24(20,21)8-6-19;1-3-5-8-19-12-18-15-9-14(6-7-16(15)19)20-11-13(4-2)10-17;1-3-4-5-14-16-12-7-6-11(8-10(2)15)9-13(12)17-14/h3-4,9-10H,2,5-8,11H2,1H3;6-7,9-10,12H,3-5,8,11H2,1-2H3;6-9H,3-5,15H2,1-2H3/b12-10+;13-10+;10-8-.